The van der Waals surface area contributed by atoms with Crippen LogP contribution in [-0.4, -0.2) is 44.9 Å². The molecule has 1 aliphatic rings. The highest BCUT2D eigenvalue weighted by molar-refractivity contribution is 5.79. The van der Waals surface area contributed by atoms with Gasteiger partial charge < -0.3 is 25.2 Å². The maximum atomic E-state index is 10.5. The van der Waals surface area contributed by atoms with E-state index in [0.29, 0.717) is 11.5 Å². The number of guanidine groups is 1. The molecule has 0 spiro atoms. The molecule has 0 amide bonds. The summed E-state index contributed by atoms with van der Waals surface area (Å²) < 4.78 is 10.5. The molecule has 1 aromatic carbocycles. The predicted octanol–water partition coefficient (Wildman–Crippen LogP) is 3.18. The van der Waals surface area contributed by atoms with Crippen LogP contribution in [0.25, 0.3) is 0 Å². The van der Waals surface area contributed by atoms with Gasteiger partial charge in [-0.1, -0.05) is 11.6 Å². The molecule has 0 radical (unpaired) electrons. The van der Waals surface area contributed by atoms with Gasteiger partial charge in [0, 0.05) is 19.2 Å². The monoisotopic (exact) mass is 375 g/mol. The van der Waals surface area contributed by atoms with Crippen molar-refractivity contribution in [3.8, 4) is 11.5 Å². The van der Waals surface area contributed by atoms with Crippen LogP contribution in [0.5, 0.6) is 11.5 Å². The third-order valence-corrected chi connectivity index (χ3v) is 4.65. The molecular weight excluding hydrogens is 342 g/mol. The average Bonchev–Trinajstić information content (AvgIpc) is 2.72. The zero-order valence-electron chi connectivity index (χ0n) is 16.8. The molecule has 6 nitrogen and oxygen atoms in total. The molecule has 0 saturated carbocycles. The van der Waals surface area contributed by atoms with Gasteiger partial charge in [-0.15, -0.1) is 0 Å². The summed E-state index contributed by atoms with van der Waals surface area (Å²) in [4.78, 5) is 4.53. The number of aliphatic imine (C=N–C) groups is 1. The number of methoxy groups -OCH3 is 2. The summed E-state index contributed by atoms with van der Waals surface area (Å²) in [6.45, 7) is 3.91. The van der Waals surface area contributed by atoms with Crippen LogP contribution in [0.15, 0.2) is 34.8 Å². The lowest BCUT2D eigenvalue weighted by Crippen LogP contribution is -2.38. The van der Waals surface area contributed by atoms with E-state index in [2.05, 4.69) is 21.7 Å². The second-order valence-electron chi connectivity index (χ2n) is 6.67. The Morgan fingerprint density at radius 1 is 1.15 bits per heavy atom. The van der Waals surface area contributed by atoms with Crippen molar-refractivity contribution in [3.05, 3.63) is 35.4 Å². The van der Waals surface area contributed by atoms with Crippen molar-refractivity contribution in [2.75, 3.05) is 33.9 Å². The number of hydrogen-bond donors (Lipinski definition) is 3. The molecule has 0 heterocycles. The first-order chi connectivity index (χ1) is 13.2. The van der Waals surface area contributed by atoms with Crippen molar-refractivity contribution in [3.63, 3.8) is 0 Å². The van der Waals surface area contributed by atoms with Gasteiger partial charge in [-0.2, -0.15) is 0 Å². The van der Waals surface area contributed by atoms with Crippen molar-refractivity contribution in [1.29, 1.82) is 0 Å². The molecule has 0 fully saturated rings. The second-order valence-corrected chi connectivity index (χ2v) is 6.67. The van der Waals surface area contributed by atoms with Crippen LogP contribution in [0.2, 0.25) is 0 Å². The number of nitrogens with zero attached hydrogens (tertiary/aromatic N) is 1. The maximum absolute atomic E-state index is 10.5. The molecule has 0 saturated heterocycles. The predicted molar refractivity (Wildman–Crippen MR) is 110 cm³/mol. The molecule has 0 aromatic heterocycles. The van der Waals surface area contributed by atoms with Gasteiger partial charge >= 0.3 is 0 Å². The third kappa shape index (κ3) is 7.13. The van der Waals surface area contributed by atoms with E-state index in [0.717, 1.165) is 31.0 Å². The van der Waals surface area contributed by atoms with Gasteiger partial charge in [-0.25, -0.2) is 0 Å². The summed E-state index contributed by atoms with van der Waals surface area (Å²) in [5, 5.41) is 17.1. The molecule has 1 aromatic rings. The van der Waals surface area contributed by atoms with Crippen LogP contribution in [0.3, 0.4) is 0 Å². The molecule has 0 bridgehead atoms. The fraction of sp³-hybridized carbons (Fsp3) is 0.571. The highest BCUT2D eigenvalue weighted by Gasteiger charge is 2.11. The Morgan fingerprint density at radius 2 is 1.89 bits per heavy atom. The van der Waals surface area contributed by atoms with E-state index in [1.165, 1.54) is 31.3 Å². The van der Waals surface area contributed by atoms with Gasteiger partial charge in [-0.05, 0) is 56.7 Å². The van der Waals surface area contributed by atoms with Gasteiger partial charge in [0.1, 0.15) is 11.5 Å². The van der Waals surface area contributed by atoms with Gasteiger partial charge in [0.2, 0.25) is 0 Å². The average molecular weight is 376 g/mol. The van der Waals surface area contributed by atoms with Crippen LogP contribution in [-0.2, 0) is 0 Å². The SMILES string of the molecule is CCNC(=NCC(O)c1cc(OC)cc(OC)c1)NCCC1=CCCCC1. The summed E-state index contributed by atoms with van der Waals surface area (Å²) in [6.07, 6.45) is 7.72. The van der Waals surface area contributed by atoms with E-state index >= 15 is 0 Å². The fourth-order valence-corrected chi connectivity index (χ4v) is 3.12. The molecule has 2 rings (SSSR count). The van der Waals surface area contributed by atoms with E-state index in [1.54, 1.807) is 32.4 Å². The standard InChI is InChI=1S/C21H33N3O3/c1-4-22-21(23-11-10-16-8-6-5-7-9-16)24-15-20(25)17-12-18(26-2)14-19(13-17)27-3/h8,12-14,20,25H,4-7,9-11,15H2,1-3H3,(H2,22,23,24). The number of benzene rings is 1. The maximum Gasteiger partial charge on any atom is 0.191 e. The Labute approximate surface area is 162 Å². The van der Waals surface area contributed by atoms with Crippen LogP contribution >= 0.6 is 0 Å². The van der Waals surface area contributed by atoms with Crippen molar-refractivity contribution in [2.45, 2.75) is 45.1 Å². The molecule has 27 heavy (non-hydrogen) atoms. The summed E-state index contributed by atoms with van der Waals surface area (Å²) in [5.41, 5.74) is 2.26. The lowest BCUT2D eigenvalue weighted by Gasteiger charge is -2.16. The van der Waals surface area contributed by atoms with E-state index in [-0.39, 0.29) is 6.54 Å². The van der Waals surface area contributed by atoms with Crippen molar-refractivity contribution < 1.29 is 14.6 Å². The zero-order valence-corrected chi connectivity index (χ0v) is 16.8. The van der Waals surface area contributed by atoms with E-state index < -0.39 is 6.10 Å². The number of allylic oxidation sites excluding steroid dienone is 1. The fourth-order valence-electron chi connectivity index (χ4n) is 3.12. The van der Waals surface area contributed by atoms with Crippen molar-refractivity contribution >= 4 is 5.96 Å². The summed E-state index contributed by atoms with van der Waals surface area (Å²) >= 11 is 0. The lowest BCUT2D eigenvalue weighted by atomic mass is 9.97. The topological polar surface area (TPSA) is 75.1 Å². The number of rotatable bonds is 9. The molecule has 150 valence electrons. The Kier molecular flexibility index (Phi) is 8.98. The number of ether oxygens (including phenoxy) is 2. The van der Waals surface area contributed by atoms with Crippen LogP contribution in [0.1, 0.15) is 50.7 Å². The van der Waals surface area contributed by atoms with Gasteiger partial charge in [-0.3, -0.25) is 4.99 Å². The van der Waals surface area contributed by atoms with Gasteiger partial charge in [0.25, 0.3) is 0 Å². The number of hydrogen-bond acceptors (Lipinski definition) is 4. The molecule has 0 aliphatic heterocycles. The first-order valence-electron chi connectivity index (χ1n) is 9.77. The largest absolute Gasteiger partial charge is 0.497 e. The summed E-state index contributed by atoms with van der Waals surface area (Å²) in [6, 6.07) is 5.39. The molecule has 3 N–H and O–H groups in total. The van der Waals surface area contributed by atoms with Crippen molar-refractivity contribution in [2.24, 2.45) is 4.99 Å². The molecule has 6 heteroatoms. The summed E-state index contributed by atoms with van der Waals surface area (Å²) in [5.74, 6) is 2.03. The van der Waals surface area contributed by atoms with Gasteiger partial charge in [0.15, 0.2) is 5.96 Å². The molecular formula is C21H33N3O3. The highest BCUT2D eigenvalue weighted by Crippen LogP contribution is 2.26. The minimum absolute atomic E-state index is 0.258. The first-order valence-corrected chi connectivity index (χ1v) is 9.77. The Hall–Kier alpha value is -2.21. The van der Waals surface area contributed by atoms with Crippen LogP contribution in [0, 0.1) is 0 Å². The molecule has 1 unspecified atom stereocenters. The zero-order chi connectivity index (χ0) is 19.5. The first kappa shape index (κ1) is 21.1. The minimum Gasteiger partial charge on any atom is -0.497 e. The Bertz CT molecular complexity index is 621. The number of aliphatic hydroxyl groups is 1. The quantitative estimate of drug-likeness (QED) is 0.351. The lowest BCUT2D eigenvalue weighted by molar-refractivity contribution is 0.186. The molecule has 1 aliphatic carbocycles. The highest BCUT2D eigenvalue weighted by atomic mass is 16.5. The second kappa shape index (κ2) is 11.5. The Balaban J connectivity index is 1.93. The summed E-state index contributed by atoms with van der Waals surface area (Å²) in [7, 11) is 3.19. The van der Waals surface area contributed by atoms with Gasteiger partial charge in [0.05, 0.1) is 26.9 Å². The van der Waals surface area contributed by atoms with Crippen molar-refractivity contribution in [1.82, 2.24) is 10.6 Å². The molecule has 1 atom stereocenters. The normalized spacial score (nSPS) is 15.7. The van der Waals surface area contributed by atoms with E-state index in [9.17, 15) is 5.11 Å². The third-order valence-electron chi connectivity index (χ3n) is 4.65. The van der Waals surface area contributed by atoms with Crippen LogP contribution in [0.4, 0.5) is 0 Å². The number of aliphatic hydroxyl groups excluding tert-OH is 1. The number of nitrogens with one attached hydrogen (secondary N) is 2. The van der Waals surface area contributed by atoms with Crippen LogP contribution < -0.4 is 20.1 Å². The smallest absolute Gasteiger partial charge is 0.191 e. The minimum atomic E-state index is -0.731. The Morgan fingerprint density at radius 3 is 2.48 bits per heavy atom. The van der Waals surface area contributed by atoms with E-state index in [1.807, 2.05) is 6.92 Å². The van der Waals surface area contributed by atoms with E-state index in [4.69, 9.17) is 9.47 Å².